The van der Waals surface area contributed by atoms with E-state index in [4.69, 9.17) is 4.74 Å². The molecular formula is C16H23NO. The Morgan fingerprint density at radius 3 is 2.83 bits per heavy atom. The van der Waals surface area contributed by atoms with Gasteiger partial charge in [0.2, 0.25) is 0 Å². The van der Waals surface area contributed by atoms with Crippen molar-refractivity contribution in [1.29, 1.82) is 0 Å². The number of rotatable bonds is 6. The van der Waals surface area contributed by atoms with Crippen LogP contribution in [0.5, 0.6) is 0 Å². The first-order valence-electron chi connectivity index (χ1n) is 6.92. The molecule has 2 nitrogen and oxygen atoms in total. The SMILES string of the molecule is CCNC(CCc1ccccc1C)C1=CCCO1. The van der Waals surface area contributed by atoms with Crippen LogP contribution in [0.3, 0.4) is 0 Å². The Morgan fingerprint density at radius 1 is 1.33 bits per heavy atom. The van der Waals surface area contributed by atoms with Crippen LogP contribution < -0.4 is 5.32 Å². The van der Waals surface area contributed by atoms with Crippen LogP contribution in [-0.4, -0.2) is 19.2 Å². The highest BCUT2D eigenvalue weighted by Crippen LogP contribution is 2.19. The van der Waals surface area contributed by atoms with Crippen molar-refractivity contribution in [2.75, 3.05) is 13.2 Å². The van der Waals surface area contributed by atoms with Crippen molar-refractivity contribution in [3.05, 3.63) is 47.2 Å². The average molecular weight is 245 g/mol. The number of likely N-dealkylation sites (N-methyl/N-ethyl adjacent to an activating group) is 1. The zero-order valence-electron chi connectivity index (χ0n) is 11.4. The summed E-state index contributed by atoms with van der Waals surface area (Å²) in [6, 6.07) is 9.00. The molecule has 0 radical (unpaired) electrons. The van der Waals surface area contributed by atoms with E-state index in [1.165, 1.54) is 11.1 Å². The van der Waals surface area contributed by atoms with Crippen molar-refractivity contribution in [1.82, 2.24) is 5.32 Å². The van der Waals surface area contributed by atoms with E-state index in [0.29, 0.717) is 6.04 Å². The Morgan fingerprint density at radius 2 is 2.17 bits per heavy atom. The summed E-state index contributed by atoms with van der Waals surface area (Å²) < 4.78 is 5.68. The fourth-order valence-electron chi connectivity index (χ4n) is 2.46. The fraction of sp³-hybridized carbons (Fsp3) is 0.500. The second-order valence-corrected chi connectivity index (χ2v) is 4.82. The minimum absolute atomic E-state index is 0.372. The van der Waals surface area contributed by atoms with Crippen molar-refractivity contribution < 1.29 is 4.74 Å². The van der Waals surface area contributed by atoms with Gasteiger partial charge in [-0.1, -0.05) is 31.2 Å². The second-order valence-electron chi connectivity index (χ2n) is 4.82. The van der Waals surface area contributed by atoms with Crippen LogP contribution in [0.2, 0.25) is 0 Å². The molecule has 98 valence electrons. The predicted octanol–water partition coefficient (Wildman–Crippen LogP) is 3.21. The number of benzene rings is 1. The van der Waals surface area contributed by atoms with E-state index in [2.05, 4.69) is 49.5 Å². The molecule has 1 aliphatic heterocycles. The van der Waals surface area contributed by atoms with E-state index in [1.807, 2.05) is 0 Å². The van der Waals surface area contributed by atoms with Crippen LogP contribution >= 0.6 is 0 Å². The normalized spacial score (nSPS) is 16.2. The lowest BCUT2D eigenvalue weighted by Crippen LogP contribution is -2.31. The van der Waals surface area contributed by atoms with Gasteiger partial charge in [-0.15, -0.1) is 0 Å². The molecule has 1 aromatic carbocycles. The van der Waals surface area contributed by atoms with Crippen LogP contribution in [0.15, 0.2) is 36.1 Å². The van der Waals surface area contributed by atoms with Gasteiger partial charge >= 0.3 is 0 Å². The number of aryl methyl sites for hydroxylation is 2. The molecule has 0 spiro atoms. The summed E-state index contributed by atoms with van der Waals surface area (Å²) in [5.74, 6) is 1.14. The zero-order valence-corrected chi connectivity index (χ0v) is 11.4. The minimum Gasteiger partial charge on any atom is -0.496 e. The van der Waals surface area contributed by atoms with E-state index < -0.39 is 0 Å². The van der Waals surface area contributed by atoms with Gasteiger partial charge in [0.25, 0.3) is 0 Å². The Kier molecular flexibility index (Phi) is 4.82. The lowest BCUT2D eigenvalue weighted by atomic mass is 10.00. The zero-order chi connectivity index (χ0) is 12.8. The number of hydrogen-bond donors (Lipinski definition) is 1. The molecule has 0 aliphatic carbocycles. The first-order valence-corrected chi connectivity index (χ1v) is 6.92. The summed E-state index contributed by atoms with van der Waals surface area (Å²) in [5, 5.41) is 3.52. The van der Waals surface area contributed by atoms with Gasteiger partial charge in [0.05, 0.1) is 12.6 Å². The largest absolute Gasteiger partial charge is 0.496 e. The summed E-state index contributed by atoms with van der Waals surface area (Å²) >= 11 is 0. The molecule has 1 atom stereocenters. The maximum absolute atomic E-state index is 5.68. The van der Waals surface area contributed by atoms with Crippen LogP contribution in [0.1, 0.15) is 30.9 Å². The molecule has 0 saturated carbocycles. The van der Waals surface area contributed by atoms with Crippen molar-refractivity contribution in [3.8, 4) is 0 Å². The highest BCUT2D eigenvalue weighted by Gasteiger charge is 2.17. The van der Waals surface area contributed by atoms with E-state index >= 15 is 0 Å². The molecule has 1 aromatic rings. The monoisotopic (exact) mass is 245 g/mol. The van der Waals surface area contributed by atoms with Gasteiger partial charge in [-0.3, -0.25) is 0 Å². The van der Waals surface area contributed by atoms with Gasteiger partial charge < -0.3 is 10.1 Å². The van der Waals surface area contributed by atoms with Crippen molar-refractivity contribution in [2.24, 2.45) is 0 Å². The van der Waals surface area contributed by atoms with Gasteiger partial charge in [-0.2, -0.15) is 0 Å². The molecule has 2 rings (SSSR count). The molecule has 0 aromatic heterocycles. The first kappa shape index (κ1) is 13.2. The highest BCUT2D eigenvalue weighted by molar-refractivity contribution is 5.26. The standard InChI is InChI=1S/C16H23NO/c1-3-17-15(16-9-6-12-18-16)11-10-14-8-5-4-7-13(14)2/h4-5,7-9,15,17H,3,6,10-12H2,1-2H3. The molecule has 0 fully saturated rings. The highest BCUT2D eigenvalue weighted by atomic mass is 16.5. The smallest absolute Gasteiger partial charge is 0.109 e. The predicted molar refractivity (Wildman–Crippen MR) is 75.6 cm³/mol. The molecule has 0 bridgehead atoms. The summed E-state index contributed by atoms with van der Waals surface area (Å²) in [4.78, 5) is 0. The molecular weight excluding hydrogens is 222 g/mol. The molecule has 2 heteroatoms. The topological polar surface area (TPSA) is 21.3 Å². The van der Waals surface area contributed by atoms with E-state index in [-0.39, 0.29) is 0 Å². The maximum atomic E-state index is 5.68. The first-order chi connectivity index (χ1) is 8.81. The third-order valence-corrected chi connectivity index (χ3v) is 3.49. The molecule has 1 unspecified atom stereocenters. The van der Waals surface area contributed by atoms with Crippen molar-refractivity contribution >= 4 is 0 Å². The number of nitrogens with one attached hydrogen (secondary N) is 1. The third-order valence-electron chi connectivity index (χ3n) is 3.49. The molecule has 18 heavy (non-hydrogen) atoms. The van der Waals surface area contributed by atoms with E-state index in [0.717, 1.165) is 38.2 Å². The maximum Gasteiger partial charge on any atom is 0.109 e. The summed E-state index contributed by atoms with van der Waals surface area (Å²) in [6.45, 7) is 6.17. The van der Waals surface area contributed by atoms with Crippen LogP contribution in [0, 0.1) is 6.92 Å². The fourth-order valence-corrected chi connectivity index (χ4v) is 2.46. The van der Waals surface area contributed by atoms with Crippen LogP contribution in [0.25, 0.3) is 0 Å². The molecule has 1 N–H and O–H groups in total. The lowest BCUT2D eigenvalue weighted by molar-refractivity contribution is 0.212. The molecule has 0 amide bonds. The van der Waals surface area contributed by atoms with Gasteiger partial charge in [-0.25, -0.2) is 0 Å². The Labute approximate surface area is 110 Å². The number of hydrogen-bond acceptors (Lipinski definition) is 2. The van der Waals surface area contributed by atoms with Crippen molar-refractivity contribution in [3.63, 3.8) is 0 Å². The van der Waals surface area contributed by atoms with Gasteiger partial charge in [0.15, 0.2) is 0 Å². The second kappa shape index (κ2) is 6.60. The summed E-state index contributed by atoms with van der Waals surface area (Å²) in [7, 11) is 0. The average Bonchev–Trinajstić information content (AvgIpc) is 2.90. The third kappa shape index (κ3) is 3.36. The van der Waals surface area contributed by atoms with Crippen LogP contribution in [0.4, 0.5) is 0 Å². The quantitative estimate of drug-likeness (QED) is 0.831. The van der Waals surface area contributed by atoms with Crippen molar-refractivity contribution in [2.45, 2.75) is 39.2 Å². The Bertz CT molecular complexity index is 411. The van der Waals surface area contributed by atoms with Gasteiger partial charge in [0.1, 0.15) is 5.76 Å². The molecule has 1 aliphatic rings. The van der Waals surface area contributed by atoms with Gasteiger partial charge in [-0.05, 0) is 43.5 Å². The van der Waals surface area contributed by atoms with E-state index in [1.54, 1.807) is 0 Å². The minimum atomic E-state index is 0.372. The van der Waals surface area contributed by atoms with Gasteiger partial charge in [0, 0.05) is 6.42 Å². The summed E-state index contributed by atoms with van der Waals surface area (Å²) in [6.07, 6.45) is 5.49. The molecule has 0 saturated heterocycles. The lowest BCUT2D eigenvalue weighted by Gasteiger charge is -2.19. The van der Waals surface area contributed by atoms with Crippen LogP contribution in [-0.2, 0) is 11.2 Å². The number of ether oxygens (including phenoxy) is 1. The Hall–Kier alpha value is -1.28. The Balaban J connectivity index is 1.95. The summed E-state index contributed by atoms with van der Waals surface area (Å²) in [5.41, 5.74) is 2.83. The molecule has 1 heterocycles. The van der Waals surface area contributed by atoms with E-state index in [9.17, 15) is 0 Å².